The Bertz CT molecular complexity index is 680. The lowest BCUT2D eigenvalue weighted by Gasteiger charge is -2.15. The third-order valence-corrected chi connectivity index (χ3v) is 3.85. The van der Waals surface area contributed by atoms with Crippen molar-refractivity contribution in [2.24, 2.45) is 0 Å². The topological polar surface area (TPSA) is 47.6 Å². The summed E-state index contributed by atoms with van der Waals surface area (Å²) in [5, 5.41) is 2.82. The number of nitrogens with one attached hydrogen (secondary N) is 1. The molecule has 0 aliphatic heterocycles. The van der Waals surface area contributed by atoms with E-state index in [1.54, 1.807) is 6.92 Å². The van der Waals surface area contributed by atoms with Crippen LogP contribution in [0.15, 0.2) is 42.5 Å². The van der Waals surface area contributed by atoms with Crippen LogP contribution >= 0.6 is 0 Å². The van der Waals surface area contributed by atoms with E-state index in [-0.39, 0.29) is 5.91 Å². The second kappa shape index (κ2) is 8.39. The highest BCUT2D eigenvalue weighted by atomic mass is 16.5. The lowest BCUT2D eigenvalue weighted by Crippen LogP contribution is -2.38. The molecule has 0 saturated heterocycles. The molecule has 0 radical (unpaired) electrons. The zero-order valence-corrected chi connectivity index (χ0v) is 14.8. The quantitative estimate of drug-likeness (QED) is 0.791. The van der Waals surface area contributed by atoms with Gasteiger partial charge in [0.2, 0.25) is 0 Å². The minimum Gasteiger partial charge on any atom is -0.492 e. The summed E-state index contributed by atoms with van der Waals surface area (Å²) >= 11 is 0. The summed E-state index contributed by atoms with van der Waals surface area (Å²) in [6, 6.07) is 13.6. The van der Waals surface area contributed by atoms with Gasteiger partial charge in [0.15, 0.2) is 6.10 Å². The van der Waals surface area contributed by atoms with Gasteiger partial charge in [-0.25, -0.2) is 0 Å². The Balaban J connectivity index is 1.72. The van der Waals surface area contributed by atoms with Crippen LogP contribution in [-0.4, -0.2) is 25.2 Å². The normalized spacial score (nSPS) is 11.7. The highest BCUT2D eigenvalue weighted by Crippen LogP contribution is 2.16. The summed E-state index contributed by atoms with van der Waals surface area (Å²) in [6.45, 7) is 8.72. The molecule has 2 aromatic carbocycles. The van der Waals surface area contributed by atoms with Gasteiger partial charge in [-0.1, -0.05) is 23.8 Å². The number of rotatable bonds is 7. The minimum absolute atomic E-state index is 0.153. The van der Waals surface area contributed by atoms with E-state index in [1.807, 2.05) is 56.3 Å². The summed E-state index contributed by atoms with van der Waals surface area (Å²) < 4.78 is 11.3. The van der Waals surface area contributed by atoms with E-state index >= 15 is 0 Å². The van der Waals surface area contributed by atoms with Crippen LogP contribution in [0, 0.1) is 20.8 Å². The van der Waals surface area contributed by atoms with Gasteiger partial charge in [-0.2, -0.15) is 0 Å². The first-order valence-corrected chi connectivity index (χ1v) is 8.17. The monoisotopic (exact) mass is 327 g/mol. The van der Waals surface area contributed by atoms with Crippen LogP contribution in [0.4, 0.5) is 0 Å². The molecule has 0 heterocycles. The first-order valence-electron chi connectivity index (χ1n) is 8.17. The maximum atomic E-state index is 12.0. The molecule has 4 heteroatoms. The van der Waals surface area contributed by atoms with E-state index in [4.69, 9.17) is 9.47 Å². The first-order chi connectivity index (χ1) is 11.5. The molecule has 0 unspecified atom stereocenters. The lowest BCUT2D eigenvalue weighted by atomic mass is 10.1. The fourth-order valence-corrected chi connectivity index (χ4v) is 2.17. The Morgan fingerprint density at radius 2 is 1.67 bits per heavy atom. The highest BCUT2D eigenvalue weighted by molar-refractivity contribution is 5.80. The van der Waals surface area contributed by atoms with Crippen molar-refractivity contribution in [2.45, 2.75) is 33.8 Å². The number of benzene rings is 2. The van der Waals surface area contributed by atoms with Crippen LogP contribution in [0.5, 0.6) is 11.5 Å². The molecule has 24 heavy (non-hydrogen) atoms. The van der Waals surface area contributed by atoms with Gasteiger partial charge in [0.1, 0.15) is 18.1 Å². The minimum atomic E-state index is -0.547. The standard InChI is InChI=1S/C20H25NO3/c1-14-5-8-18(9-6-14)24-17(4)20(22)21-11-12-23-19-10-7-15(2)16(3)13-19/h5-10,13,17H,11-12H2,1-4H3,(H,21,22)/t17-/m1/s1. The number of carbonyl (C=O) groups is 1. The van der Waals surface area contributed by atoms with Gasteiger partial charge in [-0.15, -0.1) is 0 Å². The van der Waals surface area contributed by atoms with E-state index in [0.717, 1.165) is 11.3 Å². The molecule has 1 amide bonds. The Labute approximate surface area is 143 Å². The van der Waals surface area contributed by atoms with Crippen LogP contribution < -0.4 is 14.8 Å². The van der Waals surface area contributed by atoms with Crippen molar-refractivity contribution >= 4 is 5.91 Å². The number of amides is 1. The van der Waals surface area contributed by atoms with Gasteiger partial charge in [0.25, 0.3) is 5.91 Å². The Hall–Kier alpha value is -2.49. The summed E-state index contributed by atoms with van der Waals surface area (Å²) in [5.41, 5.74) is 3.58. The predicted molar refractivity (Wildman–Crippen MR) is 95.7 cm³/mol. The molecular formula is C20H25NO3. The number of carbonyl (C=O) groups excluding carboxylic acids is 1. The van der Waals surface area contributed by atoms with Gasteiger partial charge in [0, 0.05) is 0 Å². The second-order valence-electron chi connectivity index (χ2n) is 5.96. The smallest absolute Gasteiger partial charge is 0.260 e. The average Bonchev–Trinajstić information content (AvgIpc) is 2.56. The molecule has 1 N–H and O–H groups in total. The van der Waals surface area contributed by atoms with Gasteiger partial charge >= 0.3 is 0 Å². The van der Waals surface area contributed by atoms with Crippen molar-refractivity contribution in [2.75, 3.05) is 13.2 Å². The Morgan fingerprint density at radius 3 is 2.33 bits per heavy atom. The van der Waals surface area contributed by atoms with Gasteiger partial charge in [-0.05, 0) is 63.1 Å². The van der Waals surface area contributed by atoms with Crippen molar-refractivity contribution < 1.29 is 14.3 Å². The molecule has 0 fully saturated rings. The van der Waals surface area contributed by atoms with Gasteiger partial charge in [0.05, 0.1) is 6.54 Å². The fourth-order valence-electron chi connectivity index (χ4n) is 2.17. The Morgan fingerprint density at radius 1 is 1.00 bits per heavy atom. The number of hydrogen-bond acceptors (Lipinski definition) is 3. The maximum Gasteiger partial charge on any atom is 0.260 e. The van der Waals surface area contributed by atoms with E-state index in [9.17, 15) is 4.79 Å². The molecule has 0 aromatic heterocycles. The number of hydrogen-bond donors (Lipinski definition) is 1. The number of ether oxygens (including phenoxy) is 2. The van der Waals surface area contributed by atoms with E-state index in [2.05, 4.69) is 12.2 Å². The highest BCUT2D eigenvalue weighted by Gasteiger charge is 2.13. The molecule has 4 nitrogen and oxygen atoms in total. The van der Waals surface area contributed by atoms with Gasteiger partial charge in [-0.3, -0.25) is 4.79 Å². The molecule has 0 bridgehead atoms. The van der Waals surface area contributed by atoms with E-state index in [1.165, 1.54) is 11.1 Å². The largest absolute Gasteiger partial charge is 0.492 e. The van der Waals surface area contributed by atoms with Crippen LogP contribution in [0.1, 0.15) is 23.6 Å². The first kappa shape index (κ1) is 17.9. The summed E-state index contributed by atoms with van der Waals surface area (Å²) in [7, 11) is 0. The van der Waals surface area contributed by atoms with Crippen molar-refractivity contribution in [1.29, 1.82) is 0 Å². The predicted octanol–water partition coefficient (Wildman–Crippen LogP) is 3.57. The number of aryl methyl sites for hydroxylation is 3. The molecule has 2 aromatic rings. The van der Waals surface area contributed by atoms with E-state index < -0.39 is 6.10 Å². The summed E-state index contributed by atoms with van der Waals surface area (Å²) in [6.07, 6.45) is -0.547. The van der Waals surface area contributed by atoms with Crippen molar-refractivity contribution in [3.05, 3.63) is 59.2 Å². The third-order valence-electron chi connectivity index (χ3n) is 3.85. The molecular weight excluding hydrogens is 302 g/mol. The van der Waals surface area contributed by atoms with Crippen LogP contribution in [-0.2, 0) is 4.79 Å². The van der Waals surface area contributed by atoms with Crippen LogP contribution in [0.2, 0.25) is 0 Å². The summed E-state index contributed by atoms with van der Waals surface area (Å²) in [5.74, 6) is 1.35. The van der Waals surface area contributed by atoms with Crippen molar-refractivity contribution in [3.8, 4) is 11.5 Å². The molecule has 0 saturated carbocycles. The zero-order chi connectivity index (χ0) is 17.5. The zero-order valence-electron chi connectivity index (χ0n) is 14.8. The van der Waals surface area contributed by atoms with Crippen LogP contribution in [0.3, 0.4) is 0 Å². The molecule has 0 aliphatic rings. The average molecular weight is 327 g/mol. The van der Waals surface area contributed by atoms with Gasteiger partial charge < -0.3 is 14.8 Å². The van der Waals surface area contributed by atoms with Crippen molar-refractivity contribution in [1.82, 2.24) is 5.32 Å². The molecule has 0 aliphatic carbocycles. The van der Waals surface area contributed by atoms with E-state index in [0.29, 0.717) is 18.9 Å². The molecule has 1 atom stereocenters. The van der Waals surface area contributed by atoms with Crippen molar-refractivity contribution in [3.63, 3.8) is 0 Å². The SMILES string of the molecule is Cc1ccc(O[C@H](C)C(=O)NCCOc2ccc(C)c(C)c2)cc1. The Kier molecular flexibility index (Phi) is 6.24. The van der Waals surface area contributed by atoms with Crippen LogP contribution in [0.25, 0.3) is 0 Å². The lowest BCUT2D eigenvalue weighted by molar-refractivity contribution is -0.127. The molecule has 0 spiro atoms. The maximum absolute atomic E-state index is 12.0. The molecule has 128 valence electrons. The summed E-state index contributed by atoms with van der Waals surface area (Å²) in [4.78, 5) is 12.0. The molecule has 2 rings (SSSR count). The third kappa shape index (κ3) is 5.30. The second-order valence-corrected chi connectivity index (χ2v) is 5.96. The fraction of sp³-hybridized carbons (Fsp3) is 0.350.